The van der Waals surface area contributed by atoms with E-state index in [1.54, 1.807) is 11.0 Å². The molecule has 0 saturated carbocycles. The van der Waals surface area contributed by atoms with Crippen LogP contribution in [0.5, 0.6) is 0 Å². The van der Waals surface area contributed by atoms with Crippen molar-refractivity contribution in [2.75, 3.05) is 26.2 Å². The third-order valence-corrected chi connectivity index (χ3v) is 7.69. The summed E-state index contributed by atoms with van der Waals surface area (Å²) in [4.78, 5) is 14.2. The van der Waals surface area contributed by atoms with Crippen molar-refractivity contribution in [2.24, 2.45) is 0 Å². The van der Waals surface area contributed by atoms with Gasteiger partial charge in [-0.25, -0.2) is 13.2 Å². The van der Waals surface area contributed by atoms with Gasteiger partial charge in [-0.05, 0) is 64.3 Å². The second kappa shape index (κ2) is 9.53. The van der Waals surface area contributed by atoms with Gasteiger partial charge in [0.15, 0.2) is 0 Å². The van der Waals surface area contributed by atoms with E-state index in [1.165, 1.54) is 4.31 Å². The van der Waals surface area contributed by atoms with E-state index in [-0.39, 0.29) is 13.1 Å². The lowest BCUT2D eigenvalue weighted by Crippen LogP contribution is -2.51. The quantitative estimate of drug-likeness (QED) is 0.572. The monoisotopic (exact) mass is 522 g/mol. The van der Waals surface area contributed by atoms with Crippen LogP contribution in [0.2, 0.25) is 0 Å². The molecule has 0 spiro atoms. The van der Waals surface area contributed by atoms with E-state index in [4.69, 9.17) is 4.74 Å². The van der Waals surface area contributed by atoms with E-state index >= 15 is 0 Å². The summed E-state index contributed by atoms with van der Waals surface area (Å²) in [5.41, 5.74) is 3.56. The molecule has 3 rings (SSSR count). The Balaban J connectivity index is 1.81. The van der Waals surface area contributed by atoms with Crippen LogP contribution in [-0.2, 0) is 21.2 Å². The molecule has 1 aliphatic heterocycles. The Bertz CT molecular complexity index is 1080. The predicted molar refractivity (Wildman–Crippen MR) is 129 cm³/mol. The Labute approximate surface area is 199 Å². The number of sulfonamides is 1. The highest BCUT2D eigenvalue weighted by Gasteiger charge is 2.33. The van der Waals surface area contributed by atoms with Crippen molar-refractivity contribution in [1.82, 2.24) is 9.21 Å². The van der Waals surface area contributed by atoms with Crippen LogP contribution in [0, 0.1) is 13.8 Å². The van der Waals surface area contributed by atoms with Gasteiger partial charge in [0.25, 0.3) is 0 Å². The SMILES string of the molecule is Cc1cc(C)cc(Cc2ccc(Br)cc2S(=O)(=O)N2CCN(C(=O)OC(C)(C)C)CC2)c1. The van der Waals surface area contributed by atoms with E-state index in [1.807, 2.05) is 46.8 Å². The minimum atomic E-state index is -3.72. The lowest BCUT2D eigenvalue weighted by Gasteiger charge is -2.35. The van der Waals surface area contributed by atoms with E-state index in [2.05, 4.69) is 34.1 Å². The number of amides is 1. The number of carbonyl (C=O) groups excluding carboxylic acids is 1. The maximum Gasteiger partial charge on any atom is 0.410 e. The highest BCUT2D eigenvalue weighted by molar-refractivity contribution is 9.10. The topological polar surface area (TPSA) is 66.9 Å². The molecular formula is C24H31BrN2O4S. The zero-order valence-electron chi connectivity index (χ0n) is 19.3. The summed E-state index contributed by atoms with van der Waals surface area (Å²) in [5.74, 6) is 0. The lowest BCUT2D eigenvalue weighted by atomic mass is 10.0. The molecule has 1 amide bonds. The highest BCUT2D eigenvalue weighted by Crippen LogP contribution is 2.28. The fourth-order valence-electron chi connectivity index (χ4n) is 3.88. The molecular weight excluding hydrogens is 492 g/mol. The van der Waals surface area contributed by atoms with Crippen LogP contribution in [0.1, 0.15) is 43.0 Å². The first-order valence-electron chi connectivity index (χ1n) is 10.7. The molecule has 0 unspecified atom stereocenters. The maximum absolute atomic E-state index is 13.6. The normalized spacial score (nSPS) is 15.6. The van der Waals surface area contributed by atoms with Crippen molar-refractivity contribution in [2.45, 2.75) is 51.5 Å². The van der Waals surface area contributed by atoms with Crippen molar-refractivity contribution in [1.29, 1.82) is 0 Å². The molecule has 1 saturated heterocycles. The fraction of sp³-hybridized carbons (Fsp3) is 0.458. The van der Waals surface area contributed by atoms with Crippen molar-refractivity contribution < 1.29 is 17.9 Å². The Morgan fingerprint density at radius 2 is 1.59 bits per heavy atom. The molecule has 0 aromatic heterocycles. The number of piperazine rings is 1. The Morgan fingerprint density at radius 3 is 2.16 bits per heavy atom. The lowest BCUT2D eigenvalue weighted by molar-refractivity contribution is 0.0192. The van der Waals surface area contributed by atoms with Crippen LogP contribution in [0.3, 0.4) is 0 Å². The van der Waals surface area contributed by atoms with Gasteiger partial charge < -0.3 is 9.64 Å². The second-order valence-electron chi connectivity index (χ2n) is 9.30. The average molecular weight is 523 g/mol. The van der Waals surface area contributed by atoms with Crippen molar-refractivity contribution in [3.63, 3.8) is 0 Å². The Morgan fingerprint density at radius 1 is 1.00 bits per heavy atom. The van der Waals surface area contributed by atoms with Gasteiger partial charge in [-0.1, -0.05) is 51.3 Å². The first kappa shape index (κ1) is 24.7. The Hall–Kier alpha value is -1.90. The number of benzene rings is 2. The summed E-state index contributed by atoms with van der Waals surface area (Å²) in [6.45, 7) is 10.6. The number of nitrogens with zero attached hydrogens (tertiary/aromatic N) is 2. The molecule has 0 radical (unpaired) electrons. The maximum atomic E-state index is 13.6. The molecule has 0 atom stereocenters. The van der Waals surface area contributed by atoms with Gasteiger partial charge >= 0.3 is 6.09 Å². The van der Waals surface area contributed by atoms with Crippen molar-refractivity contribution in [3.05, 3.63) is 63.1 Å². The third kappa shape index (κ3) is 6.11. The number of hydrogen-bond donors (Lipinski definition) is 0. The van der Waals surface area contributed by atoms with Crippen LogP contribution in [0.15, 0.2) is 45.8 Å². The highest BCUT2D eigenvalue weighted by atomic mass is 79.9. The summed E-state index contributed by atoms with van der Waals surface area (Å²) in [6, 6.07) is 11.7. The number of aryl methyl sites for hydroxylation is 2. The summed E-state index contributed by atoms with van der Waals surface area (Å²) >= 11 is 3.43. The largest absolute Gasteiger partial charge is 0.444 e. The van der Waals surface area contributed by atoms with Crippen LogP contribution >= 0.6 is 15.9 Å². The molecule has 32 heavy (non-hydrogen) atoms. The molecule has 1 aliphatic rings. The first-order valence-corrected chi connectivity index (χ1v) is 12.9. The van der Waals surface area contributed by atoms with Gasteiger partial charge in [0.1, 0.15) is 5.60 Å². The molecule has 0 bridgehead atoms. The zero-order chi connectivity index (χ0) is 23.7. The minimum absolute atomic E-state index is 0.233. The standard InChI is InChI=1S/C24H31BrN2O4S/c1-17-12-18(2)14-19(13-17)15-20-6-7-21(25)16-22(20)32(29,30)27-10-8-26(9-11-27)23(28)31-24(3,4)5/h6-7,12-14,16H,8-11,15H2,1-5H3. The van der Waals surface area contributed by atoms with Gasteiger partial charge in [-0.15, -0.1) is 0 Å². The molecule has 0 aliphatic carbocycles. The number of halogens is 1. The second-order valence-corrected chi connectivity index (χ2v) is 12.1. The summed E-state index contributed by atoms with van der Waals surface area (Å²) in [5, 5.41) is 0. The van der Waals surface area contributed by atoms with Gasteiger partial charge in [-0.3, -0.25) is 0 Å². The van der Waals surface area contributed by atoms with Crippen LogP contribution < -0.4 is 0 Å². The van der Waals surface area contributed by atoms with E-state index in [0.29, 0.717) is 28.9 Å². The average Bonchev–Trinajstić information content (AvgIpc) is 2.67. The van der Waals surface area contributed by atoms with Gasteiger partial charge in [0, 0.05) is 30.7 Å². The third-order valence-electron chi connectivity index (χ3n) is 5.21. The van der Waals surface area contributed by atoms with Crippen LogP contribution in [-0.4, -0.2) is 55.5 Å². The van der Waals surface area contributed by atoms with Gasteiger partial charge in [-0.2, -0.15) is 4.31 Å². The molecule has 174 valence electrons. The number of hydrogen-bond acceptors (Lipinski definition) is 4. The fourth-order valence-corrected chi connectivity index (χ4v) is 6.06. The van der Waals surface area contributed by atoms with E-state index in [0.717, 1.165) is 22.3 Å². The molecule has 6 nitrogen and oxygen atoms in total. The van der Waals surface area contributed by atoms with E-state index in [9.17, 15) is 13.2 Å². The van der Waals surface area contributed by atoms with Crippen molar-refractivity contribution in [3.8, 4) is 0 Å². The molecule has 1 fully saturated rings. The number of carbonyl (C=O) groups is 1. The summed E-state index contributed by atoms with van der Waals surface area (Å²) in [6.07, 6.45) is 0.120. The smallest absolute Gasteiger partial charge is 0.410 e. The molecule has 1 heterocycles. The van der Waals surface area contributed by atoms with Gasteiger partial charge in [0.05, 0.1) is 4.90 Å². The van der Waals surface area contributed by atoms with Crippen LogP contribution in [0.25, 0.3) is 0 Å². The molecule has 0 N–H and O–H groups in total. The number of rotatable bonds is 4. The van der Waals surface area contributed by atoms with Crippen LogP contribution in [0.4, 0.5) is 4.79 Å². The summed E-state index contributed by atoms with van der Waals surface area (Å²) < 4.78 is 34.7. The molecule has 2 aromatic rings. The van der Waals surface area contributed by atoms with E-state index < -0.39 is 21.7 Å². The molecule has 2 aromatic carbocycles. The zero-order valence-corrected chi connectivity index (χ0v) is 21.7. The van der Waals surface area contributed by atoms with Crippen molar-refractivity contribution >= 4 is 32.0 Å². The van der Waals surface area contributed by atoms with Gasteiger partial charge in [0.2, 0.25) is 10.0 Å². The minimum Gasteiger partial charge on any atom is -0.444 e. The Kier molecular flexibility index (Phi) is 7.37. The number of ether oxygens (including phenoxy) is 1. The predicted octanol–water partition coefficient (Wildman–Crippen LogP) is 4.90. The summed E-state index contributed by atoms with van der Waals surface area (Å²) in [7, 11) is -3.72. The first-order chi connectivity index (χ1) is 14.8. The molecule has 8 heteroatoms.